The number of hydrogen-bond donors (Lipinski definition) is 1. The highest BCUT2D eigenvalue weighted by molar-refractivity contribution is 5.17. The van der Waals surface area contributed by atoms with Gasteiger partial charge in [0.1, 0.15) is 24.4 Å². The molecule has 28 heavy (non-hydrogen) atoms. The molecule has 0 bridgehead atoms. The van der Waals surface area contributed by atoms with E-state index in [0.29, 0.717) is 33.0 Å². The topological polar surface area (TPSA) is 90.6 Å². The van der Waals surface area contributed by atoms with Crippen molar-refractivity contribution in [3.05, 3.63) is 35.9 Å². The monoisotopic (exact) mass is 395 g/mol. The maximum Gasteiger partial charge on any atom is 0.190 e. The first-order valence-electron chi connectivity index (χ1n) is 9.80. The summed E-state index contributed by atoms with van der Waals surface area (Å²) in [5, 5.41) is 0. The molecule has 8 heteroatoms. The summed E-state index contributed by atoms with van der Waals surface area (Å²) < 4.78 is 41.6. The summed E-state index contributed by atoms with van der Waals surface area (Å²) in [6.45, 7) is 6.08. The van der Waals surface area contributed by atoms with Gasteiger partial charge < -0.3 is 38.9 Å². The first kappa shape index (κ1) is 20.2. The second kappa shape index (κ2) is 8.73. The van der Waals surface area contributed by atoms with Gasteiger partial charge in [0.2, 0.25) is 0 Å². The molecule has 4 rings (SSSR count). The summed E-state index contributed by atoms with van der Waals surface area (Å²) in [6, 6.07) is 9.84. The van der Waals surface area contributed by atoms with Crippen molar-refractivity contribution in [2.75, 3.05) is 33.0 Å². The predicted molar refractivity (Wildman–Crippen MR) is 98.3 cm³/mol. The Bertz CT molecular complexity index is 628. The van der Waals surface area contributed by atoms with Crippen LogP contribution in [0.1, 0.15) is 25.7 Å². The lowest BCUT2D eigenvalue weighted by molar-refractivity contribution is -0.315. The summed E-state index contributed by atoms with van der Waals surface area (Å²) >= 11 is 0. The third-order valence-electron chi connectivity index (χ3n) is 4.96. The van der Waals surface area contributed by atoms with Gasteiger partial charge in [-0.15, -0.1) is 0 Å². The van der Waals surface area contributed by atoms with Gasteiger partial charge in [-0.2, -0.15) is 0 Å². The molecular weight excluding hydrogens is 366 g/mol. The Morgan fingerprint density at radius 3 is 2.46 bits per heavy atom. The highest BCUT2D eigenvalue weighted by Crippen LogP contribution is 2.44. The summed E-state index contributed by atoms with van der Waals surface area (Å²) in [5.41, 5.74) is 6.36. The Kier molecular flexibility index (Phi) is 6.29. The van der Waals surface area contributed by atoms with Crippen LogP contribution in [0, 0.1) is 0 Å². The summed E-state index contributed by atoms with van der Waals surface area (Å²) in [5.74, 6) is -0.698. The second-order valence-corrected chi connectivity index (χ2v) is 7.56. The van der Waals surface area contributed by atoms with E-state index in [4.69, 9.17) is 38.9 Å². The van der Waals surface area contributed by atoms with Gasteiger partial charge >= 0.3 is 0 Å². The zero-order valence-electron chi connectivity index (χ0n) is 16.3. The summed E-state index contributed by atoms with van der Waals surface area (Å²) in [4.78, 5) is 0. The predicted octanol–water partition coefficient (Wildman–Crippen LogP) is 1.34. The van der Waals surface area contributed by atoms with Crippen LogP contribution >= 0.6 is 0 Å². The molecule has 6 atom stereocenters. The Hall–Kier alpha value is -1.10. The molecule has 0 aliphatic carbocycles. The molecule has 156 valence electrons. The zero-order chi connectivity index (χ0) is 19.6. The van der Waals surface area contributed by atoms with Crippen molar-refractivity contribution < 1.29 is 33.2 Å². The first-order valence-corrected chi connectivity index (χ1v) is 9.80. The van der Waals surface area contributed by atoms with Crippen LogP contribution < -0.4 is 5.73 Å². The molecule has 3 unspecified atom stereocenters. The minimum absolute atomic E-state index is 0.298. The van der Waals surface area contributed by atoms with E-state index in [2.05, 4.69) is 0 Å². The van der Waals surface area contributed by atoms with Crippen LogP contribution in [0.5, 0.6) is 0 Å². The maximum absolute atomic E-state index is 6.25. The lowest BCUT2D eigenvalue weighted by atomic mass is 10.0. The standard InChI is InChI=1S/C20H29NO7/c1-20(2)27-17-16-15(25-19(17)28-20)14(12-23-11-10-22-9-8-21)24-18(26-16)13-6-4-3-5-7-13/h3-7,14-19H,8-12,21H2,1-2H3/t14?,15-,16+,17?,18?,19-/m1/s1. The molecule has 0 aromatic heterocycles. The van der Waals surface area contributed by atoms with Gasteiger partial charge in [-0.3, -0.25) is 0 Å². The second-order valence-electron chi connectivity index (χ2n) is 7.56. The largest absolute Gasteiger partial charge is 0.378 e. The molecule has 3 aliphatic heterocycles. The van der Waals surface area contributed by atoms with Crippen LogP contribution in [-0.2, 0) is 33.2 Å². The lowest BCUT2D eigenvalue weighted by Gasteiger charge is -2.39. The normalized spacial score (nSPS) is 36.2. The van der Waals surface area contributed by atoms with Gasteiger partial charge in [0, 0.05) is 12.1 Å². The van der Waals surface area contributed by atoms with Crippen molar-refractivity contribution >= 4 is 0 Å². The van der Waals surface area contributed by atoms with Crippen molar-refractivity contribution in [2.45, 2.75) is 56.6 Å². The first-order chi connectivity index (χ1) is 13.6. The van der Waals surface area contributed by atoms with Crippen LogP contribution in [0.3, 0.4) is 0 Å². The summed E-state index contributed by atoms with van der Waals surface area (Å²) in [7, 11) is 0. The Balaban J connectivity index is 1.43. The van der Waals surface area contributed by atoms with Crippen LogP contribution in [0.25, 0.3) is 0 Å². The van der Waals surface area contributed by atoms with E-state index in [9.17, 15) is 0 Å². The van der Waals surface area contributed by atoms with E-state index in [0.717, 1.165) is 5.56 Å². The van der Waals surface area contributed by atoms with Crippen LogP contribution in [0.4, 0.5) is 0 Å². The lowest BCUT2D eigenvalue weighted by Crippen LogP contribution is -2.51. The van der Waals surface area contributed by atoms with Gasteiger partial charge in [0.05, 0.1) is 26.4 Å². The number of hydrogen-bond acceptors (Lipinski definition) is 8. The molecule has 3 saturated heterocycles. The fourth-order valence-corrected chi connectivity index (χ4v) is 3.77. The van der Waals surface area contributed by atoms with E-state index in [-0.39, 0.29) is 24.4 Å². The molecule has 1 aromatic carbocycles. The molecular formula is C20H29NO7. The molecule has 0 spiro atoms. The SMILES string of the molecule is CC1(C)OC2[C@H](O[C@@H]3C(COCCOCCN)OC(c4ccccc4)O[C@H]23)O1. The molecule has 3 aliphatic rings. The van der Waals surface area contributed by atoms with Gasteiger partial charge in [0.25, 0.3) is 0 Å². The molecule has 8 nitrogen and oxygen atoms in total. The van der Waals surface area contributed by atoms with Crippen molar-refractivity contribution in [1.82, 2.24) is 0 Å². The Morgan fingerprint density at radius 1 is 0.893 bits per heavy atom. The average Bonchev–Trinajstić information content (AvgIpc) is 3.17. The van der Waals surface area contributed by atoms with Gasteiger partial charge in [0.15, 0.2) is 18.4 Å². The molecule has 1 aromatic rings. The number of fused-ring (bicyclic) bond motifs is 3. The Labute approximate surface area is 165 Å². The van der Waals surface area contributed by atoms with Gasteiger partial charge in [-0.25, -0.2) is 0 Å². The van der Waals surface area contributed by atoms with E-state index in [1.165, 1.54) is 0 Å². The minimum Gasteiger partial charge on any atom is -0.378 e. The molecule has 3 heterocycles. The molecule has 2 N–H and O–H groups in total. The number of nitrogens with two attached hydrogens (primary N) is 1. The highest BCUT2D eigenvalue weighted by Gasteiger charge is 2.60. The quantitative estimate of drug-likeness (QED) is 0.660. The molecule has 0 radical (unpaired) electrons. The van der Waals surface area contributed by atoms with E-state index < -0.39 is 18.4 Å². The van der Waals surface area contributed by atoms with E-state index in [1.807, 2.05) is 44.2 Å². The third kappa shape index (κ3) is 4.39. The molecule has 3 fully saturated rings. The molecule has 0 saturated carbocycles. The minimum atomic E-state index is -0.698. The molecule has 0 amide bonds. The van der Waals surface area contributed by atoms with E-state index >= 15 is 0 Å². The van der Waals surface area contributed by atoms with Crippen LogP contribution in [0.15, 0.2) is 30.3 Å². The van der Waals surface area contributed by atoms with Crippen molar-refractivity contribution in [2.24, 2.45) is 5.73 Å². The smallest absolute Gasteiger partial charge is 0.190 e. The van der Waals surface area contributed by atoms with Crippen molar-refractivity contribution in [1.29, 1.82) is 0 Å². The van der Waals surface area contributed by atoms with Crippen molar-refractivity contribution in [3.63, 3.8) is 0 Å². The maximum atomic E-state index is 6.25. The van der Waals surface area contributed by atoms with Gasteiger partial charge in [-0.05, 0) is 13.8 Å². The third-order valence-corrected chi connectivity index (χ3v) is 4.96. The van der Waals surface area contributed by atoms with E-state index in [1.54, 1.807) is 0 Å². The number of rotatable bonds is 8. The van der Waals surface area contributed by atoms with Crippen molar-refractivity contribution in [3.8, 4) is 0 Å². The zero-order valence-corrected chi connectivity index (χ0v) is 16.3. The van der Waals surface area contributed by atoms with Crippen LogP contribution in [-0.4, -0.2) is 69.5 Å². The summed E-state index contributed by atoms with van der Waals surface area (Å²) in [6.07, 6.45) is -2.22. The average molecular weight is 395 g/mol. The highest BCUT2D eigenvalue weighted by atomic mass is 16.9. The fraction of sp³-hybridized carbons (Fsp3) is 0.700. The fourth-order valence-electron chi connectivity index (χ4n) is 3.77. The Morgan fingerprint density at radius 2 is 1.68 bits per heavy atom. The number of ether oxygens (including phenoxy) is 7. The van der Waals surface area contributed by atoms with Gasteiger partial charge in [-0.1, -0.05) is 30.3 Å². The number of benzene rings is 1. The van der Waals surface area contributed by atoms with Crippen LogP contribution in [0.2, 0.25) is 0 Å².